The highest BCUT2D eigenvalue weighted by atomic mass is 32.2. The number of rotatable bonds is 3. The number of Topliss-reactive ketones (excluding diaryl/α,β-unsaturated/α-hetero) is 1. The third kappa shape index (κ3) is 3.03. The van der Waals surface area contributed by atoms with Gasteiger partial charge in [0.2, 0.25) is 5.82 Å². The van der Waals surface area contributed by atoms with Crippen molar-refractivity contribution in [2.24, 2.45) is 7.05 Å². The van der Waals surface area contributed by atoms with Gasteiger partial charge in [-0.2, -0.15) is 13.2 Å². The fraction of sp³-hybridized carbons (Fsp3) is 0.444. The number of carbonyl (C=O) groups excluding carboxylic acids is 1. The summed E-state index contributed by atoms with van der Waals surface area (Å²) in [7, 11) is 1.13. The minimum atomic E-state index is -4.62. The minimum Gasteiger partial charge on any atom is -0.511 e. The van der Waals surface area contributed by atoms with E-state index in [2.05, 4.69) is 10.2 Å². The molecule has 1 heterocycles. The molecule has 0 aliphatic heterocycles. The molecule has 9 heteroatoms. The number of hydrogen-bond acceptors (Lipinski definition) is 5. The van der Waals surface area contributed by atoms with E-state index in [1.54, 1.807) is 0 Å². The van der Waals surface area contributed by atoms with Gasteiger partial charge in [-0.3, -0.25) is 4.79 Å². The highest BCUT2D eigenvalue weighted by molar-refractivity contribution is 8.03. The maximum atomic E-state index is 12.5. The molecule has 0 radical (unpaired) electrons. The number of thioether (sulfide) groups is 1. The zero-order valence-electron chi connectivity index (χ0n) is 9.74. The third-order valence-corrected chi connectivity index (χ3v) is 3.26. The number of alkyl halides is 3. The van der Waals surface area contributed by atoms with Crippen LogP contribution >= 0.6 is 11.8 Å². The molecule has 1 N–H and O–H groups in total. The summed E-state index contributed by atoms with van der Waals surface area (Å²) in [6, 6.07) is 0. The summed E-state index contributed by atoms with van der Waals surface area (Å²) in [6.07, 6.45) is -4.62. The number of nitrogens with zero attached hydrogens (tertiary/aromatic N) is 3. The number of aliphatic hydroxyl groups is 1. The van der Waals surface area contributed by atoms with Crippen LogP contribution in [0, 0.1) is 0 Å². The van der Waals surface area contributed by atoms with Gasteiger partial charge in [-0.05, 0) is 25.6 Å². The Labute approximate surface area is 105 Å². The van der Waals surface area contributed by atoms with Crippen molar-refractivity contribution in [1.29, 1.82) is 0 Å². The molecule has 0 aliphatic carbocycles. The maximum Gasteiger partial charge on any atom is 0.451 e. The molecule has 1 rings (SSSR count). The average molecular weight is 281 g/mol. The van der Waals surface area contributed by atoms with Crippen LogP contribution in [-0.2, 0) is 18.0 Å². The van der Waals surface area contributed by atoms with Crippen LogP contribution in [0.4, 0.5) is 13.2 Å². The number of aromatic nitrogens is 3. The predicted octanol–water partition coefficient (Wildman–Crippen LogP) is 2.30. The number of aliphatic hydroxyl groups excluding tert-OH is 1. The smallest absolute Gasteiger partial charge is 0.451 e. The fourth-order valence-corrected chi connectivity index (χ4v) is 1.92. The van der Waals surface area contributed by atoms with Crippen LogP contribution in [0.2, 0.25) is 0 Å². The molecular weight excluding hydrogens is 271 g/mol. The summed E-state index contributed by atoms with van der Waals surface area (Å²) in [5.74, 6) is -1.90. The molecule has 1 aromatic heterocycles. The minimum absolute atomic E-state index is 0.0702. The van der Waals surface area contributed by atoms with Crippen LogP contribution in [0.5, 0.6) is 0 Å². The van der Waals surface area contributed by atoms with Gasteiger partial charge in [-0.1, -0.05) is 0 Å². The molecule has 0 aromatic carbocycles. The monoisotopic (exact) mass is 281 g/mol. The van der Waals surface area contributed by atoms with E-state index >= 15 is 0 Å². The Hall–Kier alpha value is -1.51. The summed E-state index contributed by atoms with van der Waals surface area (Å²) < 4.78 is 38.1. The van der Waals surface area contributed by atoms with Crippen LogP contribution in [0.3, 0.4) is 0 Å². The Balaban J connectivity index is 3.11. The van der Waals surface area contributed by atoms with Crippen LogP contribution in [-0.4, -0.2) is 25.7 Å². The molecule has 0 aliphatic rings. The molecule has 1 aromatic rings. The molecule has 0 saturated heterocycles. The van der Waals surface area contributed by atoms with Crippen LogP contribution < -0.4 is 0 Å². The van der Waals surface area contributed by atoms with Crippen molar-refractivity contribution in [3.8, 4) is 0 Å². The standard InChI is InChI=1S/C9H10F3N3O2S/c1-4(16)6(5(2)17)18-8-14-13-7(15(8)3)9(10,11)12/h16H,1-3H3/b6-4-. The summed E-state index contributed by atoms with van der Waals surface area (Å²) in [5, 5.41) is 15.5. The Bertz CT molecular complexity index is 504. The van der Waals surface area contributed by atoms with Gasteiger partial charge in [0.25, 0.3) is 0 Å². The van der Waals surface area contributed by atoms with Crippen molar-refractivity contribution in [1.82, 2.24) is 14.8 Å². The van der Waals surface area contributed by atoms with Crippen molar-refractivity contribution >= 4 is 17.5 Å². The van der Waals surface area contributed by atoms with Gasteiger partial charge in [-0.25, -0.2) is 0 Å². The normalized spacial score (nSPS) is 13.4. The van der Waals surface area contributed by atoms with Crippen molar-refractivity contribution in [2.45, 2.75) is 25.2 Å². The second kappa shape index (κ2) is 5.01. The zero-order chi connectivity index (χ0) is 14.1. The lowest BCUT2D eigenvalue weighted by Crippen LogP contribution is -2.13. The van der Waals surface area contributed by atoms with Gasteiger partial charge >= 0.3 is 6.18 Å². The Morgan fingerprint density at radius 3 is 2.22 bits per heavy atom. The van der Waals surface area contributed by atoms with Gasteiger partial charge in [-0.15, -0.1) is 10.2 Å². The number of ketones is 1. The van der Waals surface area contributed by atoms with E-state index in [0.717, 1.165) is 11.6 Å². The van der Waals surface area contributed by atoms with E-state index in [4.69, 9.17) is 0 Å². The van der Waals surface area contributed by atoms with Crippen molar-refractivity contribution in [3.63, 3.8) is 0 Å². The molecule has 0 amide bonds. The van der Waals surface area contributed by atoms with E-state index in [1.165, 1.54) is 13.8 Å². The number of halogens is 3. The van der Waals surface area contributed by atoms with Crippen molar-refractivity contribution in [2.75, 3.05) is 0 Å². The lowest BCUT2D eigenvalue weighted by molar-refractivity contribution is -0.147. The maximum absolute atomic E-state index is 12.5. The quantitative estimate of drug-likeness (QED) is 0.523. The van der Waals surface area contributed by atoms with Crippen LogP contribution in [0.15, 0.2) is 15.8 Å². The largest absolute Gasteiger partial charge is 0.511 e. The first kappa shape index (κ1) is 14.6. The highest BCUT2D eigenvalue weighted by Crippen LogP contribution is 2.32. The Kier molecular flexibility index (Phi) is 4.05. The van der Waals surface area contributed by atoms with Gasteiger partial charge in [0, 0.05) is 7.05 Å². The Morgan fingerprint density at radius 2 is 1.89 bits per heavy atom. The molecule has 5 nitrogen and oxygen atoms in total. The number of hydrogen-bond donors (Lipinski definition) is 1. The topological polar surface area (TPSA) is 68.0 Å². The second-order valence-corrected chi connectivity index (χ2v) is 4.41. The SMILES string of the molecule is CC(=O)/C(Sc1nnc(C(F)(F)F)n1C)=C(\C)O. The molecule has 0 spiro atoms. The molecule has 0 unspecified atom stereocenters. The first-order chi connectivity index (χ1) is 8.14. The van der Waals surface area contributed by atoms with Crippen molar-refractivity contribution < 1.29 is 23.1 Å². The third-order valence-electron chi connectivity index (χ3n) is 1.93. The molecule has 100 valence electrons. The first-order valence-electron chi connectivity index (χ1n) is 4.69. The first-order valence-corrected chi connectivity index (χ1v) is 5.51. The average Bonchev–Trinajstić information content (AvgIpc) is 2.54. The van der Waals surface area contributed by atoms with E-state index in [1.807, 2.05) is 0 Å². The Morgan fingerprint density at radius 1 is 1.33 bits per heavy atom. The molecular formula is C9H10F3N3O2S. The van der Waals surface area contributed by atoms with Gasteiger partial charge < -0.3 is 9.67 Å². The molecule has 0 saturated carbocycles. The summed E-state index contributed by atoms with van der Waals surface area (Å²) in [6.45, 7) is 2.47. The predicted molar refractivity (Wildman–Crippen MR) is 57.9 cm³/mol. The molecule has 0 bridgehead atoms. The summed E-state index contributed by atoms with van der Waals surface area (Å²) in [5.41, 5.74) is 0. The summed E-state index contributed by atoms with van der Waals surface area (Å²) >= 11 is 0.638. The van der Waals surface area contributed by atoms with E-state index < -0.39 is 17.8 Å². The van der Waals surface area contributed by atoms with Gasteiger partial charge in [0.1, 0.15) is 5.76 Å². The second-order valence-electron chi connectivity index (χ2n) is 3.44. The van der Waals surface area contributed by atoms with E-state index in [9.17, 15) is 23.1 Å². The molecule has 0 fully saturated rings. The van der Waals surface area contributed by atoms with E-state index in [-0.39, 0.29) is 15.8 Å². The zero-order valence-corrected chi connectivity index (χ0v) is 10.6. The lowest BCUT2D eigenvalue weighted by Gasteiger charge is -2.07. The summed E-state index contributed by atoms with van der Waals surface area (Å²) in [4.78, 5) is 11.1. The molecule has 18 heavy (non-hydrogen) atoms. The lowest BCUT2D eigenvalue weighted by atomic mass is 10.4. The van der Waals surface area contributed by atoms with Gasteiger partial charge in [0.05, 0.1) is 4.91 Å². The highest BCUT2D eigenvalue weighted by Gasteiger charge is 2.37. The molecule has 0 atom stereocenters. The van der Waals surface area contributed by atoms with Crippen LogP contribution in [0.25, 0.3) is 0 Å². The number of allylic oxidation sites excluding steroid dienone is 2. The van der Waals surface area contributed by atoms with E-state index in [0.29, 0.717) is 11.8 Å². The van der Waals surface area contributed by atoms with Crippen LogP contribution in [0.1, 0.15) is 19.7 Å². The number of carbonyl (C=O) groups is 1. The van der Waals surface area contributed by atoms with Gasteiger partial charge in [0.15, 0.2) is 10.9 Å². The van der Waals surface area contributed by atoms with Crippen molar-refractivity contribution in [3.05, 3.63) is 16.5 Å². The fourth-order valence-electron chi connectivity index (χ4n) is 1.14.